The second-order valence-corrected chi connectivity index (χ2v) is 17.1. The first-order valence-electron chi connectivity index (χ1n) is 20.9. The fourth-order valence-electron chi connectivity index (χ4n) is 9.50. The second-order valence-electron chi connectivity index (χ2n) is 17.1. The van der Waals surface area contributed by atoms with Crippen LogP contribution < -0.4 is 15.1 Å². The van der Waals surface area contributed by atoms with Gasteiger partial charge in [0.2, 0.25) is 17.7 Å². The zero-order valence-corrected chi connectivity index (χ0v) is 34.4. The Balaban J connectivity index is 0.932. The van der Waals surface area contributed by atoms with Crippen molar-refractivity contribution in [3.05, 3.63) is 107 Å². The first kappa shape index (κ1) is 40.9. The van der Waals surface area contributed by atoms with Crippen molar-refractivity contribution in [1.29, 1.82) is 0 Å². The van der Waals surface area contributed by atoms with Crippen LogP contribution in [-0.2, 0) is 20.9 Å². The van der Waals surface area contributed by atoms with Gasteiger partial charge in [0.15, 0.2) is 17.5 Å². The molecule has 3 fully saturated rings. The molecule has 1 unspecified atom stereocenters. The molecule has 1 atom stereocenters. The van der Waals surface area contributed by atoms with E-state index in [4.69, 9.17) is 0 Å². The Hall–Kier alpha value is -6.45. The number of hydrogen-bond acceptors (Lipinski definition) is 7. The van der Waals surface area contributed by atoms with E-state index in [2.05, 4.69) is 15.4 Å². The molecule has 12 nitrogen and oxygen atoms in total. The number of aromatic amines is 1. The molecule has 9 rings (SSSR count). The number of carbonyl (C=O) groups excluding carboxylic acids is 4. The van der Waals surface area contributed by atoms with Crippen molar-refractivity contribution in [2.24, 2.45) is 5.41 Å². The molecule has 3 aromatic carbocycles. The molecule has 4 aliphatic rings. The Bertz CT molecular complexity index is 2640. The molecule has 3 saturated heterocycles. The number of anilines is 2. The van der Waals surface area contributed by atoms with Gasteiger partial charge in [0.05, 0.1) is 22.8 Å². The zero-order chi connectivity index (χ0) is 43.4. The van der Waals surface area contributed by atoms with Crippen molar-refractivity contribution < 1.29 is 36.7 Å². The number of rotatable bonds is 9. The number of H-pyrrole nitrogens is 1. The first-order chi connectivity index (χ1) is 29.8. The molecule has 4 aliphatic heterocycles. The summed E-state index contributed by atoms with van der Waals surface area (Å²) >= 11 is 0. The molecule has 0 bridgehead atoms. The van der Waals surface area contributed by atoms with Crippen molar-refractivity contribution in [1.82, 2.24) is 29.9 Å². The maximum atomic E-state index is 16.6. The molecule has 5 aromatic rings. The van der Waals surface area contributed by atoms with Gasteiger partial charge in [-0.1, -0.05) is 12.1 Å². The summed E-state index contributed by atoms with van der Waals surface area (Å²) < 4.78 is 66.5. The third-order valence-electron chi connectivity index (χ3n) is 13.0. The Morgan fingerprint density at radius 3 is 2.37 bits per heavy atom. The number of aryl methyl sites for hydroxylation is 1. The van der Waals surface area contributed by atoms with Gasteiger partial charge < -0.3 is 24.6 Å². The van der Waals surface area contributed by atoms with Crippen LogP contribution in [0.5, 0.6) is 0 Å². The summed E-state index contributed by atoms with van der Waals surface area (Å²) in [5.74, 6) is -5.13. The number of fused-ring (bicyclic) bond motifs is 1. The number of carbonyl (C=O) groups is 4. The Morgan fingerprint density at radius 1 is 0.887 bits per heavy atom. The van der Waals surface area contributed by atoms with Crippen molar-refractivity contribution >= 4 is 51.5 Å². The molecule has 0 aliphatic carbocycles. The standard InChI is InChI=1S/C46H46F4N8O4/c1-54(2)45(62)35-23-33-32(22-31(41(49)43(33)52-35)28-5-3-16-56(24-28)39(60)12-18-58-17-4-15-51-58)30-7-10-37(42(50)40(30)48)55-19-13-46(14-20-55)25-57(26-46)36-9-6-27(21-34(36)47)29-8-11-38(59)53-44(29)61/h4-7,9-10,15,17,21-23,29,52H,3,8,11-14,16,18-20,24-26H2,1-2H3,(H,53,59,61). The summed E-state index contributed by atoms with van der Waals surface area (Å²) in [5.41, 5.74) is 1.71. The highest BCUT2D eigenvalue weighted by Crippen LogP contribution is 2.46. The molecule has 16 heteroatoms. The molecule has 6 heterocycles. The van der Waals surface area contributed by atoms with Crippen LogP contribution in [0.3, 0.4) is 0 Å². The SMILES string of the molecule is CN(C)C(=O)c1cc2c(-c3ccc(N4CCC5(CC4)CN(c4ccc(C6CCC(=O)NC6=O)cc4F)C5)c(F)c3F)cc(C3=CCCN(C(=O)CCn4cccn4)C3)c(F)c2[nH]1. The predicted octanol–water partition coefficient (Wildman–Crippen LogP) is 6.62. The zero-order valence-electron chi connectivity index (χ0n) is 34.4. The van der Waals surface area contributed by atoms with E-state index >= 15 is 17.6 Å². The van der Waals surface area contributed by atoms with E-state index in [-0.39, 0.29) is 75.6 Å². The van der Waals surface area contributed by atoms with Gasteiger partial charge in [-0.15, -0.1) is 0 Å². The number of hydrogen-bond donors (Lipinski definition) is 2. The Morgan fingerprint density at radius 2 is 1.66 bits per heavy atom. The minimum Gasteiger partial charge on any atom is -0.369 e. The van der Waals surface area contributed by atoms with Crippen LogP contribution >= 0.6 is 0 Å². The van der Waals surface area contributed by atoms with Gasteiger partial charge in [-0.05, 0) is 84.8 Å². The molecule has 322 valence electrons. The van der Waals surface area contributed by atoms with Crippen LogP contribution in [-0.4, -0.2) is 102 Å². The number of imide groups is 1. The quantitative estimate of drug-likeness (QED) is 0.126. The minimum atomic E-state index is -1.11. The van der Waals surface area contributed by atoms with E-state index in [9.17, 15) is 19.2 Å². The van der Waals surface area contributed by atoms with Crippen LogP contribution in [0.15, 0.2) is 67.0 Å². The topological polar surface area (TPSA) is 127 Å². The molecule has 1 spiro atoms. The normalized spacial score (nSPS) is 18.8. The predicted molar refractivity (Wildman–Crippen MR) is 225 cm³/mol. The van der Waals surface area contributed by atoms with E-state index in [1.54, 1.807) is 54.3 Å². The van der Waals surface area contributed by atoms with Gasteiger partial charge in [-0.3, -0.25) is 29.2 Å². The first-order valence-corrected chi connectivity index (χ1v) is 20.9. The van der Waals surface area contributed by atoms with Crippen LogP contribution in [0.2, 0.25) is 0 Å². The molecule has 62 heavy (non-hydrogen) atoms. The summed E-state index contributed by atoms with van der Waals surface area (Å²) in [5, 5.41) is 6.68. The highest BCUT2D eigenvalue weighted by atomic mass is 19.2. The lowest BCUT2D eigenvalue weighted by Gasteiger charge is -2.55. The number of amides is 4. The largest absolute Gasteiger partial charge is 0.369 e. The molecule has 2 N–H and O–H groups in total. The van der Waals surface area contributed by atoms with Crippen LogP contribution in [0, 0.1) is 28.7 Å². The maximum absolute atomic E-state index is 16.6. The molecule has 4 amide bonds. The van der Waals surface area contributed by atoms with Crippen molar-refractivity contribution in [3.8, 4) is 11.1 Å². The summed E-state index contributed by atoms with van der Waals surface area (Å²) in [6.07, 6.45) is 7.81. The highest BCUT2D eigenvalue weighted by molar-refractivity contribution is 6.05. The van der Waals surface area contributed by atoms with Crippen LogP contribution in [0.1, 0.15) is 66.1 Å². The number of benzene rings is 3. The van der Waals surface area contributed by atoms with E-state index in [1.165, 1.54) is 35.2 Å². The maximum Gasteiger partial charge on any atom is 0.269 e. The van der Waals surface area contributed by atoms with E-state index < -0.39 is 41.0 Å². The Kier molecular flexibility index (Phi) is 10.6. The second kappa shape index (κ2) is 16.1. The van der Waals surface area contributed by atoms with Crippen LogP contribution in [0.25, 0.3) is 27.6 Å². The van der Waals surface area contributed by atoms with Crippen molar-refractivity contribution in [2.75, 3.05) is 63.2 Å². The average Bonchev–Trinajstić information content (AvgIpc) is 3.95. The minimum absolute atomic E-state index is 0.0318. The molecular formula is C46H46F4N8O4. The fraction of sp³-hybridized carbons (Fsp3) is 0.370. The third-order valence-corrected chi connectivity index (χ3v) is 13.0. The average molecular weight is 851 g/mol. The molecule has 0 saturated carbocycles. The van der Waals surface area contributed by atoms with Crippen LogP contribution in [0.4, 0.5) is 28.9 Å². The summed E-state index contributed by atoms with van der Waals surface area (Å²) in [7, 11) is 3.12. The van der Waals surface area contributed by atoms with Gasteiger partial charge in [0.1, 0.15) is 11.5 Å². The van der Waals surface area contributed by atoms with Gasteiger partial charge in [-0.25, -0.2) is 17.6 Å². The van der Waals surface area contributed by atoms with Crippen molar-refractivity contribution in [2.45, 2.75) is 51.0 Å². The lowest BCUT2D eigenvalue weighted by molar-refractivity contribution is -0.134. The van der Waals surface area contributed by atoms with Gasteiger partial charge in [0.25, 0.3) is 5.91 Å². The summed E-state index contributed by atoms with van der Waals surface area (Å²) in [6.45, 7) is 3.03. The number of nitrogens with one attached hydrogen (secondary N) is 2. The van der Waals surface area contributed by atoms with E-state index in [1.807, 2.05) is 15.9 Å². The van der Waals surface area contributed by atoms with E-state index in [0.717, 1.165) is 0 Å². The monoisotopic (exact) mass is 850 g/mol. The molecule has 0 radical (unpaired) electrons. The summed E-state index contributed by atoms with van der Waals surface area (Å²) in [6, 6.07) is 12.5. The smallest absolute Gasteiger partial charge is 0.269 e. The Labute approximate surface area is 355 Å². The number of aromatic nitrogens is 3. The van der Waals surface area contributed by atoms with E-state index in [0.29, 0.717) is 81.8 Å². The van der Waals surface area contributed by atoms with Gasteiger partial charge >= 0.3 is 0 Å². The lowest BCUT2D eigenvalue weighted by Crippen LogP contribution is -2.60. The molecular weight excluding hydrogens is 805 g/mol. The summed E-state index contributed by atoms with van der Waals surface area (Å²) in [4.78, 5) is 59.8. The van der Waals surface area contributed by atoms with Gasteiger partial charge in [-0.2, -0.15) is 5.10 Å². The van der Waals surface area contributed by atoms with Crippen molar-refractivity contribution in [3.63, 3.8) is 0 Å². The number of nitrogens with zero attached hydrogens (tertiary/aromatic N) is 6. The number of halogens is 4. The highest BCUT2D eigenvalue weighted by Gasteiger charge is 2.46. The third kappa shape index (κ3) is 7.49. The molecule has 2 aromatic heterocycles. The number of piperidine rings is 2. The van der Waals surface area contributed by atoms with Gasteiger partial charge in [0, 0.05) is 107 Å². The lowest BCUT2D eigenvalue weighted by atomic mass is 9.71. The fourth-order valence-corrected chi connectivity index (χ4v) is 9.50.